The first-order chi connectivity index (χ1) is 11.4. The van der Waals surface area contributed by atoms with Gasteiger partial charge in [-0.15, -0.1) is 0 Å². The molecule has 0 amide bonds. The van der Waals surface area contributed by atoms with Gasteiger partial charge >= 0.3 is 0 Å². The average molecular weight is 297 g/mol. The van der Waals surface area contributed by atoms with Gasteiger partial charge in [0.15, 0.2) is 0 Å². The van der Waals surface area contributed by atoms with Crippen LogP contribution in [0.15, 0.2) is 84.9 Å². The van der Waals surface area contributed by atoms with Crippen LogP contribution < -0.4 is 0 Å². The van der Waals surface area contributed by atoms with Gasteiger partial charge in [-0.2, -0.15) is 5.26 Å². The summed E-state index contributed by atoms with van der Waals surface area (Å²) in [6.07, 6.45) is 1.78. The molecular weight excluding hydrogens is 278 g/mol. The fraction of sp³-hybridized carbons (Fsp3) is 0.136. The molecule has 0 unspecified atom stereocenters. The van der Waals surface area contributed by atoms with Crippen molar-refractivity contribution in [3.05, 3.63) is 96.1 Å². The minimum atomic E-state index is -0.0555. The summed E-state index contributed by atoms with van der Waals surface area (Å²) in [5.74, 6) is -0.0555. The monoisotopic (exact) mass is 297 g/mol. The molecule has 112 valence electrons. The molecule has 0 bridgehead atoms. The molecule has 0 saturated heterocycles. The van der Waals surface area contributed by atoms with Gasteiger partial charge in [-0.1, -0.05) is 84.9 Å². The number of aryl methyl sites for hydroxylation is 1. The maximum atomic E-state index is 9.49. The summed E-state index contributed by atoms with van der Waals surface area (Å²) in [5, 5.41) is 9.49. The topological polar surface area (TPSA) is 23.8 Å². The molecule has 0 heterocycles. The normalized spacial score (nSPS) is 11.6. The predicted octanol–water partition coefficient (Wildman–Crippen LogP) is 5.59. The molecule has 0 aliphatic rings. The summed E-state index contributed by atoms with van der Waals surface area (Å²) in [7, 11) is 0. The van der Waals surface area contributed by atoms with Gasteiger partial charge in [0, 0.05) is 0 Å². The van der Waals surface area contributed by atoms with Gasteiger partial charge in [0.25, 0.3) is 0 Å². The van der Waals surface area contributed by atoms with Gasteiger partial charge in [0.1, 0.15) is 0 Å². The van der Waals surface area contributed by atoms with Crippen molar-refractivity contribution in [3.63, 3.8) is 0 Å². The highest BCUT2D eigenvalue weighted by Crippen LogP contribution is 2.25. The SMILES string of the molecule is N#C[C@@H](CCc1ccccc1)c1ccc(-c2ccccc2)cc1. The highest BCUT2D eigenvalue weighted by Gasteiger charge is 2.11. The molecule has 0 aromatic heterocycles. The zero-order valence-electron chi connectivity index (χ0n) is 13.0. The van der Waals surface area contributed by atoms with Crippen LogP contribution in [0.3, 0.4) is 0 Å². The van der Waals surface area contributed by atoms with Gasteiger partial charge in [-0.3, -0.25) is 0 Å². The van der Waals surface area contributed by atoms with Crippen LogP contribution in [0.25, 0.3) is 11.1 Å². The lowest BCUT2D eigenvalue weighted by Gasteiger charge is -2.10. The van der Waals surface area contributed by atoms with E-state index in [-0.39, 0.29) is 5.92 Å². The molecule has 0 aliphatic heterocycles. The third-order valence-corrected chi connectivity index (χ3v) is 4.14. The minimum absolute atomic E-state index is 0.0555. The lowest BCUT2D eigenvalue weighted by Crippen LogP contribution is -1.98. The molecular formula is C22H19N. The van der Waals surface area contributed by atoms with Crippen LogP contribution in [0.5, 0.6) is 0 Å². The van der Waals surface area contributed by atoms with Gasteiger partial charge < -0.3 is 0 Å². The fourth-order valence-electron chi connectivity index (χ4n) is 2.80. The summed E-state index contributed by atoms with van der Waals surface area (Å²) < 4.78 is 0. The maximum Gasteiger partial charge on any atom is 0.0715 e. The molecule has 0 saturated carbocycles. The van der Waals surface area contributed by atoms with Crippen molar-refractivity contribution >= 4 is 0 Å². The first kappa shape index (κ1) is 15.1. The van der Waals surface area contributed by atoms with Crippen LogP contribution in [-0.4, -0.2) is 0 Å². The van der Waals surface area contributed by atoms with E-state index in [1.54, 1.807) is 0 Å². The molecule has 0 fully saturated rings. The molecule has 3 rings (SSSR count). The van der Waals surface area contributed by atoms with E-state index in [0.717, 1.165) is 18.4 Å². The molecule has 0 aliphatic carbocycles. The highest BCUT2D eigenvalue weighted by molar-refractivity contribution is 5.63. The highest BCUT2D eigenvalue weighted by atomic mass is 14.3. The first-order valence-electron chi connectivity index (χ1n) is 7.96. The number of hydrogen-bond acceptors (Lipinski definition) is 1. The largest absolute Gasteiger partial charge is 0.198 e. The second kappa shape index (κ2) is 7.42. The molecule has 3 aromatic rings. The zero-order chi connectivity index (χ0) is 15.9. The van der Waals surface area contributed by atoms with Crippen molar-refractivity contribution in [3.8, 4) is 17.2 Å². The summed E-state index contributed by atoms with van der Waals surface area (Å²) in [4.78, 5) is 0. The van der Waals surface area contributed by atoms with Gasteiger partial charge in [0.2, 0.25) is 0 Å². The van der Waals surface area contributed by atoms with Crippen LogP contribution >= 0.6 is 0 Å². The van der Waals surface area contributed by atoms with Crippen LogP contribution in [0.2, 0.25) is 0 Å². The lowest BCUT2D eigenvalue weighted by atomic mass is 9.92. The molecule has 1 atom stereocenters. The van der Waals surface area contributed by atoms with E-state index in [1.807, 2.05) is 36.4 Å². The van der Waals surface area contributed by atoms with Crippen LogP contribution in [0.4, 0.5) is 0 Å². The number of nitriles is 1. The van der Waals surface area contributed by atoms with Crippen LogP contribution in [0.1, 0.15) is 23.5 Å². The Kier molecular flexibility index (Phi) is 4.86. The Labute approximate surface area is 137 Å². The standard InChI is InChI=1S/C22H19N/c23-17-22(12-11-18-7-3-1-4-8-18)21-15-13-20(14-16-21)19-9-5-2-6-10-19/h1-10,13-16,22H,11-12H2/t22-/m1/s1. The Balaban J connectivity index is 1.71. The molecule has 1 nitrogen and oxygen atoms in total. The summed E-state index contributed by atoms with van der Waals surface area (Å²) in [6, 6.07) is 31.5. The number of rotatable bonds is 5. The molecule has 0 radical (unpaired) electrons. The Morgan fingerprint density at radius 1 is 0.696 bits per heavy atom. The van der Waals surface area contributed by atoms with Crippen molar-refractivity contribution in [2.24, 2.45) is 0 Å². The zero-order valence-corrected chi connectivity index (χ0v) is 13.0. The van der Waals surface area contributed by atoms with E-state index in [2.05, 4.69) is 54.6 Å². The van der Waals surface area contributed by atoms with Crippen LogP contribution in [0, 0.1) is 11.3 Å². The van der Waals surface area contributed by atoms with Gasteiger partial charge in [-0.05, 0) is 35.1 Å². The number of benzene rings is 3. The van der Waals surface area contributed by atoms with E-state index >= 15 is 0 Å². The molecule has 1 heteroatoms. The van der Waals surface area contributed by atoms with Crippen molar-refractivity contribution < 1.29 is 0 Å². The number of nitrogens with zero attached hydrogens (tertiary/aromatic N) is 1. The number of hydrogen-bond donors (Lipinski definition) is 0. The Bertz CT molecular complexity index is 768. The predicted molar refractivity (Wildman–Crippen MR) is 95.0 cm³/mol. The van der Waals surface area contributed by atoms with Crippen molar-refractivity contribution in [1.29, 1.82) is 5.26 Å². The third-order valence-electron chi connectivity index (χ3n) is 4.14. The summed E-state index contributed by atoms with van der Waals surface area (Å²) in [5.41, 5.74) is 4.78. The quantitative estimate of drug-likeness (QED) is 0.602. The molecule has 0 N–H and O–H groups in total. The third kappa shape index (κ3) is 3.87. The Morgan fingerprint density at radius 3 is 1.87 bits per heavy atom. The summed E-state index contributed by atoms with van der Waals surface area (Å²) >= 11 is 0. The molecule has 23 heavy (non-hydrogen) atoms. The molecule has 3 aromatic carbocycles. The van der Waals surface area contributed by atoms with Crippen LogP contribution in [-0.2, 0) is 6.42 Å². The maximum absolute atomic E-state index is 9.49. The van der Waals surface area contributed by atoms with Crippen molar-refractivity contribution in [2.75, 3.05) is 0 Å². The van der Waals surface area contributed by atoms with E-state index in [9.17, 15) is 5.26 Å². The minimum Gasteiger partial charge on any atom is -0.198 e. The van der Waals surface area contributed by atoms with E-state index in [4.69, 9.17) is 0 Å². The van der Waals surface area contributed by atoms with Crippen molar-refractivity contribution in [1.82, 2.24) is 0 Å². The fourth-order valence-corrected chi connectivity index (χ4v) is 2.80. The lowest BCUT2D eigenvalue weighted by molar-refractivity contribution is 0.746. The molecule has 0 spiro atoms. The van der Waals surface area contributed by atoms with E-state index in [0.29, 0.717) is 0 Å². The van der Waals surface area contributed by atoms with Gasteiger partial charge in [-0.25, -0.2) is 0 Å². The van der Waals surface area contributed by atoms with Crippen molar-refractivity contribution in [2.45, 2.75) is 18.8 Å². The van der Waals surface area contributed by atoms with E-state index in [1.165, 1.54) is 16.7 Å². The second-order valence-electron chi connectivity index (χ2n) is 5.69. The first-order valence-corrected chi connectivity index (χ1v) is 7.96. The Morgan fingerprint density at radius 2 is 1.26 bits per heavy atom. The van der Waals surface area contributed by atoms with Gasteiger partial charge in [0.05, 0.1) is 12.0 Å². The average Bonchev–Trinajstić information content (AvgIpc) is 2.64. The van der Waals surface area contributed by atoms with E-state index < -0.39 is 0 Å². The second-order valence-corrected chi connectivity index (χ2v) is 5.69. The smallest absolute Gasteiger partial charge is 0.0715 e. The summed E-state index contributed by atoms with van der Waals surface area (Å²) in [6.45, 7) is 0. The Hall–Kier alpha value is -2.85.